The molecular weight excluding hydrogens is 436 g/mol. The van der Waals surface area contributed by atoms with E-state index in [1.807, 2.05) is 48.5 Å². The SMILES string of the molecule is C=CC(=O)OCCOc1ccc(C(C)(C)c2ccc(OCCOC(=O)CCC(C)=O)cc2)cc1. The zero-order valence-corrected chi connectivity index (χ0v) is 20.0. The molecule has 2 rings (SSSR count). The molecule has 0 spiro atoms. The molecule has 34 heavy (non-hydrogen) atoms. The predicted molar refractivity (Wildman–Crippen MR) is 128 cm³/mol. The van der Waals surface area contributed by atoms with Crippen molar-refractivity contribution in [1.29, 1.82) is 0 Å². The van der Waals surface area contributed by atoms with Crippen LogP contribution in [-0.2, 0) is 29.3 Å². The molecule has 2 aromatic carbocycles. The van der Waals surface area contributed by atoms with E-state index in [1.165, 1.54) is 6.92 Å². The van der Waals surface area contributed by atoms with Gasteiger partial charge in [-0.2, -0.15) is 0 Å². The maximum atomic E-state index is 11.5. The molecule has 2 aromatic rings. The molecule has 0 saturated heterocycles. The van der Waals surface area contributed by atoms with Crippen LogP contribution in [0.1, 0.15) is 44.7 Å². The van der Waals surface area contributed by atoms with Gasteiger partial charge in [-0.05, 0) is 42.3 Å². The van der Waals surface area contributed by atoms with Crippen LogP contribution in [0.4, 0.5) is 0 Å². The largest absolute Gasteiger partial charge is 0.490 e. The molecule has 0 atom stereocenters. The molecule has 0 aromatic heterocycles. The Hall–Kier alpha value is -3.61. The quantitative estimate of drug-likeness (QED) is 0.230. The summed E-state index contributed by atoms with van der Waals surface area (Å²) in [4.78, 5) is 33.4. The summed E-state index contributed by atoms with van der Waals surface area (Å²) in [5.74, 6) is 0.467. The van der Waals surface area contributed by atoms with Crippen LogP contribution in [0.15, 0.2) is 61.2 Å². The van der Waals surface area contributed by atoms with Gasteiger partial charge in [0.1, 0.15) is 43.7 Å². The maximum Gasteiger partial charge on any atom is 0.330 e. The van der Waals surface area contributed by atoms with E-state index in [1.54, 1.807) is 0 Å². The van der Waals surface area contributed by atoms with Gasteiger partial charge >= 0.3 is 11.9 Å². The first-order valence-corrected chi connectivity index (χ1v) is 11.1. The van der Waals surface area contributed by atoms with Gasteiger partial charge in [-0.15, -0.1) is 0 Å². The van der Waals surface area contributed by atoms with Gasteiger partial charge in [-0.1, -0.05) is 44.7 Å². The third kappa shape index (κ3) is 8.73. The van der Waals surface area contributed by atoms with Crippen molar-refractivity contribution in [3.63, 3.8) is 0 Å². The van der Waals surface area contributed by atoms with Crippen molar-refractivity contribution in [2.45, 2.75) is 39.0 Å². The summed E-state index contributed by atoms with van der Waals surface area (Å²) in [6, 6.07) is 15.6. The fourth-order valence-corrected chi connectivity index (χ4v) is 3.13. The zero-order chi connectivity index (χ0) is 25.0. The summed E-state index contributed by atoms with van der Waals surface area (Å²) in [7, 11) is 0. The lowest BCUT2D eigenvalue weighted by Gasteiger charge is -2.26. The summed E-state index contributed by atoms with van der Waals surface area (Å²) >= 11 is 0. The monoisotopic (exact) mass is 468 g/mol. The molecule has 182 valence electrons. The Balaban J connectivity index is 1.83. The topological polar surface area (TPSA) is 88.1 Å². The second kappa shape index (κ2) is 13.2. The molecule has 0 aliphatic carbocycles. The average Bonchev–Trinajstić information content (AvgIpc) is 2.83. The van der Waals surface area contributed by atoms with E-state index >= 15 is 0 Å². The summed E-state index contributed by atoms with van der Waals surface area (Å²) in [5.41, 5.74) is 1.98. The molecule has 0 heterocycles. The molecule has 7 heteroatoms. The van der Waals surface area contributed by atoms with Crippen LogP contribution in [0, 0.1) is 0 Å². The Morgan fingerprint density at radius 3 is 1.68 bits per heavy atom. The number of benzene rings is 2. The van der Waals surface area contributed by atoms with E-state index in [4.69, 9.17) is 18.9 Å². The van der Waals surface area contributed by atoms with Crippen LogP contribution < -0.4 is 9.47 Å². The van der Waals surface area contributed by atoms with Gasteiger partial charge in [0.05, 0.1) is 6.42 Å². The number of carbonyl (C=O) groups is 3. The molecule has 0 N–H and O–H groups in total. The second-order valence-corrected chi connectivity index (χ2v) is 8.16. The van der Waals surface area contributed by atoms with Crippen LogP contribution in [0.25, 0.3) is 0 Å². The smallest absolute Gasteiger partial charge is 0.330 e. The van der Waals surface area contributed by atoms with Crippen molar-refractivity contribution in [3.8, 4) is 11.5 Å². The number of hydrogen-bond donors (Lipinski definition) is 0. The van der Waals surface area contributed by atoms with Crippen molar-refractivity contribution in [1.82, 2.24) is 0 Å². The molecular formula is C27H32O7. The lowest BCUT2D eigenvalue weighted by atomic mass is 9.78. The Kier molecular flexibility index (Phi) is 10.3. The molecule has 0 amide bonds. The summed E-state index contributed by atoms with van der Waals surface area (Å²) in [6.07, 6.45) is 1.41. The Morgan fingerprint density at radius 2 is 1.24 bits per heavy atom. The highest BCUT2D eigenvalue weighted by Gasteiger charge is 2.23. The molecule has 0 saturated carbocycles. The first kappa shape index (κ1) is 26.6. The summed E-state index contributed by atoms with van der Waals surface area (Å²) in [6.45, 7) is 9.85. The third-order valence-corrected chi connectivity index (χ3v) is 5.21. The van der Waals surface area contributed by atoms with E-state index in [0.717, 1.165) is 17.2 Å². The molecule has 0 aliphatic heterocycles. The van der Waals surface area contributed by atoms with Crippen molar-refractivity contribution in [3.05, 3.63) is 72.3 Å². The molecule has 0 fully saturated rings. The number of hydrogen-bond acceptors (Lipinski definition) is 7. The third-order valence-electron chi connectivity index (χ3n) is 5.21. The molecule has 0 unspecified atom stereocenters. The normalized spacial score (nSPS) is 10.8. The lowest BCUT2D eigenvalue weighted by molar-refractivity contribution is -0.145. The van der Waals surface area contributed by atoms with Crippen LogP contribution in [-0.4, -0.2) is 44.1 Å². The lowest BCUT2D eigenvalue weighted by Crippen LogP contribution is -2.19. The average molecular weight is 469 g/mol. The highest BCUT2D eigenvalue weighted by molar-refractivity contribution is 5.81. The molecule has 7 nitrogen and oxygen atoms in total. The van der Waals surface area contributed by atoms with Crippen LogP contribution >= 0.6 is 0 Å². The standard InChI is InChI=1S/C27H32O7/c1-5-25(29)33-18-16-31-23-11-7-21(8-12-23)27(3,4)22-9-13-24(14-10-22)32-17-19-34-26(30)15-6-20(2)28/h5,7-14H,1,6,15-19H2,2-4H3. The van der Waals surface area contributed by atoms with E-state index in [9.17, 15) is 14.4 Å². The predicted octanol–water partition coefficient (Wildman–Crippen LogP) is 4.41. The van der Waals surface area contributed by atoms with Gasteiger partial charge in [0.25, 0.3) is 0 Å². The zero-order valence-electron chi connectivity index (χ0n) is 20.0. The van der Waals surface area contributed by atoms with E-state index in [2.05, 4.69) is 20.4 Å². The Labute approximate surface area is 200 Å². The molecule has 0 aliphatic rings. The van der Waals surface area contributed by atoms with Gasteiger partial charge in [-0.25, -0.2) is 4.79 Å². The maximum absolute atomic E-state index is 11.5. The number of Topliss-reactive ketones (excluding diaryl/α,β-unsaturated/α-hetero) is 1. The van der Waals surface area contributed by atoms with E-state index < -0.39 is 11.9 Å². The van der Waals surface area contributed by atoms with Gasteiger partial charge in [-0.3, -0.25) is 4.79 Å². The highest BCUT2D eigenvalue weighted by Crippen LogP contribution is 2.33. The molecule has 0 bridgehead atoms. The highest BCUT2D eigenvalue weighted by atomic mass is 16.6. The summed E-state index contributed by atoms with van der Waals surface area (Å²) in [5, 5.41) is 0. The number of rotatable bonds is 14. The van der Waals surface area contributed by atoms with Gasteiger partial charge in [0.2, 0.25) is 0 Å². The van der Waals surface area contributed by atoms with Crippen molar-refractivity contribution in [2.75, 3.05) is 26.4 Å². The van der Waals surface area contributed by atoms with Gasteiger partial charge < -0.3 is 23.7 Å². The fraction of sp³-hybridized carbons (Fsp3) is 0.370. The van der Waals surface area contributed by atoms with Crippen LogP contribution in [0.3, 0.4) is 0 Å². The van der Waals surface area contributed by atoms with Gasteiger partial charge in [0, 0.05) is 17.9 Å². The Bertz CT molecular complexity index is 959. The first-order valence-electron chi connectivity index (χ1n) is 11.1. The summed E-state index contributed by atoms with van der Waals surface area (Å²) < 4.78 is 21.2. The fourth-order valence-electron chi connectivity index (χ4n) is 3.13. The van der Waals surface area contributed by atoms with Crippen molar-refractivity contribution in [2.24, 2.45) is 0 Å². The minimum Gasteiger partial charge on any atom is -0.490 e. The van der Waals surface area contributed by atoms with Gasteiger partial charge in [0.15, 0.2) is 0 Å². The van der Waals surface area contributed by atoms with Crippen molar-refractivity contribution >= 4 is 17.7 Å². The minimum atomic E-state index is -0.471. The molecule has 0 radical (unpaired) electrons. The number of carbonyl (C=O) groups excluding carboxylic acids is 3. The second-order valence-electron chi connectivity index (χ2n) is 8.16. The number of ether oxygens (including phenoxy) is 4. The van der Waals surface area contributed by atoms with Crippen molar-refractivity contribution < 1.29 is 33.3 Å². The van der Waals surface area contributed by atoms with E-state index in [0.29, 0.717) is 11.5 Å². The van der Waals surface area contributed by atoms with Crippen LogP contribution in [0.2, 0.25) is 0 Å². The number of ketones is 1. The van der Waals surface area contributed by atoms with E-state index in [-0.39, 0.29) is 50.5 Å². The van der Waals surface area contributed by atoms with Crippen LogP contribution in [0.5, 0.6) is 11.5 Å². The number of esters is 2. The first-order chi connectivity index (χ1) is 16.2. The Morgan fingerprint density at radius 1 is 0.765 bits per heavy atom. The minimum absolute atomic E-state index is 0.0377.